The van der Waals surface area contributed by atoms with Crippen LogP contribution in [0.4, 0.5) is 13.2 Å². The summed E-state index contributed by atoms with van der Waals surface area (Å²) in [5.41, 5.74) is 5.67. The molecule has 0 radical (unpaired) electrons. The van der Waals surface area contributed by atoms with Crippen LogP contribution in [0.3, 0.4) is 0 Å². The second-order valence-electron chi connectivity index (χ2n) is 6.13. The number of hydrogen-bond donors (Lipinski definition) is 1. The molecule has 2 N–H and O–H groups in total. The van der Waals surface area contributed by atoms with E-state index in [1.54, 1.807) is 6.07 Å². The van der Waals surface area contributed by atoms with Crippen molar-refractivity contribution in [3.8, 4) is 5.75 Å². The van der Waals surface area contributed by atoms with E-state index in [9.17, 15) is 22.8 Å². The zero-order valence-electron chi connectivity index (χ0n) is 12.8. The Kier molecular flexibility index (Phi) is 4.15. The van der Waals surface area contributed by atoms with Gasteiger partial charge in [-0.1, -0.05) is 18.2 Å². The maximum atomic E-state index is 12.6. The first-order chi connectivity index (χ1) is 11.3. The molecule has 5 nitrogen and oxygen atoms in total. The first kappa shape index (κ1) is 16.6. The third kappa shape index (κ3) is 3.32. The fourth-order valence-corrected chi connectivity index (χ4v) is 3.36. The summed E-state index contributed by atoms with van der Waals surface area (Å²) in [5.74, 6) is -1.80. The number of ether oxygens (including phenoxy) is 1. The number of carbonyl (C=O) groups is 2. The molecule has 1 aromatic rings. The van der Waals surface area contributed by atoms with E-state index in [0.717, 1.165) is 0 Å². The lowest BCUT2D eigenvalue weighted by molar-refractivity contribution is -0.274. The van der Waals surface area contributed by atoms with Crippen LogP contribution in [0, 0.1) is 5.92 Å². The summed E-state index contributed by atoms with van der Waals surface area (Å²) in [7, 11) is 0. The van der Waals surface area contributed by atoms with Gasteiger partial charge in [0.05, 0.1) is 0 Å². The SMILES string of the molecule is NC(=O)[C@@H]1CCCN1C(=O)[C@H]1C[C@@H]1c1ccccc1OC(F)(F)F. The van der Waals surface area contributed by atoms with E-state index in [1.165, 1.54) is 23.1 Å². The Morgan fingerprint density at radius 3 is 2.62 bits per heavy atom. The molecular weight excluding hydrogens is 325 g/mol. The molecule has 1 aromatic carbocycles. The average Bonchev–Trinajstić information content (AvgIpc) is 3.12. The fraction of sp³-hybridized carbons (Fsp3) is 0.500. The number of nitrogens with two attached hydrogens (primary N) is 1. The lowest BCUT2D eigenvalue weighted by atomic mass is 10.1. The van der Waals surface area contributed by atoms with Crippen molar-refractivity contribution in [2.24, 2.45) is 11.7 Å². The minimum atomic E-state index is -4.78. The van der Waals surface area contributed by atoms with Gasteiger partial charge in [-0.15, -0.1) is 13.2 Å². The van der Waals surface area contributed by atoms with Crippen LogP contribution in [0.15, 0.2) is 24.3 Å². The number of alkyl halides is 3. The number of carbonyl (C=O) groups excluding carboxylic acids is 2. The highest BCUT2D eigenvalue weighted by atomic mass is 19.4. The number of primary amides is 1. The molecule has 0 unspecified atom stereocenters. The van der Waals surface area contributed by atoms with Crippen molar-refractivity contribution >= 4 is 11.8 Å². The Balaban J connectivity index is 1.74. The summed E-state index contributed by atoms with van der Waals surface area (Å²) >= 11 is 0. The van der Waals surface area contributed by atoms with Crippen LogP contribution in [-0.4, -0.2) is 35.7 Å². The first-order valence-corrected chi connectivity index (χ1v) is 7.72. The molecule has 3 rings (SSSR count). The fourth-order valence-electron chi connectivity index (χ4n) is 3.36. The first-order valence-electron chi connectivity index (χ1n) is 7.72. The Hall–Kier alpha value is -2.25. The Labute approximate surface area is 136 Å². The predicted octanol–water partition coefficient (Wildman–Crippen LogP) is 2.17. The molecule has 0 bridgehead atoms. The minimum absolute atomic E-state index is 0.219. The molecule has 1 aliphatic carbocycles. The van der Waals surface area contributed by atoms with Gasteiger partial charge in [-0.2, -0.15) is 0 Å². The van der Waals surface area contributed by atoms with Crippen molar-refractivity contribution in [2.75, 3.05) is 6.54 Å². The lowest BCUT2D eigenvalue weighted by Gasteiger charge is -2.22. The van der Waals surface area contributed by atoms with Crippen molar-refractivity contribution in [3.05, 3.63) is 29.8 Å². The number of halogens is 3. The quantitative estimate of drug-likeness (QED) is 0.911. The van der Waals surface area contributed by atoms with Gasteiger partial charge in [0.2, 0.25) is 11.8 Å². The molecule has 24 heavy (non-hydrogen) atoms. The average molecular weight is 342 g/mol. The monoisotopic (exact) mass is 342 g/mol. The summed E-state index contributed by atoms with van der Waals surface area (Å²) in [6.07, 6.45) is -3.10. The zero-order valence-corrected chi connectivity index (χ0v) is 12.8. The van der Waals surface area contributed by atoms with Gasteiger partial charge < -0.3 is 15.4 Å². The number of hydrogen-bond acceptors (Lipinski definition) is 3. The molecule has 3 atom stereocenters. The largest absolute Gasteiger partial charge is 0.573 e. The number of amides is 2. The molecular formula is C16H17F3N2O3. The second-order valence-corrected chi connectivity index (χ2v) is 6.13. The van der Waals surface area contributed by atoms with Gasteiger partial charge in [-0.3, -0.25) is 9.59 Å². The molecule has 1 heterocycles. The normalized spacial score (nSPS) is 26.3. The minimum Gasteiger partial charge on any atom is -0.405 e. The predicted molar refractivity (Wildman–Crippen MR) is 77.9 cm³/mol. The molecule has 2 amide bonds. The summed E-state index contributed by atoms with van der Waals surface area (Å²) in [5, 5.41) is 0. The van der Waals surface area contributed by atoms with E-state index >= 15 is 0 Å². The smallest absolute Gasteiger partial charge is 0.405 e. The molecule has 2 fully saturated rings. The maximum Gasteiger partial charge on any atom is 0.573 e. The molecule has 0 aromatic heterocycles. The standard InChI is InChI=1S/C16H17F3N2O3/c17-16(18,19)24-13-6-2-1-4-9(13)10-8-11(10)15(23)21-7-3-5-12(21)14(20)22/h1-2,4,6,10-12H,3,5,7-8H2,(H2,20,22)/t10-,11+,12+/m1/s1. The van der Waals surface area contributed by atoms with Crippen LogP contribution >= 0.6 is 0 Å². The van der Waals surface area contributed by atoms with Gasteiger partial charge in [0.15, 0.2) is 0 Å². The van der Waals surface area contributed by atoms with Gasteiger partial charge in [0.1, 0.15) is 11.8 Å². The zero-order chi connectivity index (χ0) is 17.5. The van der Waals surface area contributed by atoms with Gasteiger partial charge in [-0.25, -0.2) is 0 Å². The summed E-state index contributed by atoms with van der Waals surface area (Å²) in [6, 6.07) is 5.23. The van der Waals surface area contributed by atoms with Crippen LogP contribution in [0.25, 0.3) is 0 Å². The molecule has 0 spiro atoms. The Bertz CT molecular complexity index is 662. The van der Waals surface area contributed by atoms with Gasteiger partial charge in [0, 0.05) is 12.5 Å². The third-order valence-electron chi connectivity index (χ3n) is 4.52. The van der Waals surface area contributed by atoms with E-state index in [1.807, 2.05) is 0 Å². The van der Waals surface area contributed by atoms with E-state index in [0.29, 0.717) is 31.4 Å². The lowest BCUT2D eigenvalue weighted by Crippen LogP contribution is -2.44. The van der Waals surface area contributed by atoms with Crippen LogP contribution in [0.2, 0.25) is 0 Å². The Morgan fingerprint density at radius 2 is 1.96 bits per heavy atom. The van der Waals surface area contributed by atoms with E-state index in [-0.39, 0.29) is 17.6 Å². The molecule has 1 saturated heterocycles. The third-order valence-corrected chi connectivity index (χ3v) is 4.52. The summed E-state index contributed by atoms with van der Waals surface area (Å²) < 4.78 is 41.5. The maximum absolute atomic E-state index is 12.6. The summed E-state index contributed by atoms with van der Waals surface area (Å²) in [4.78, 5) is 25.4. The van der Waals surface area contributed by atoms with Gasteiger partial charge >= 0.3 is 6.36 Å². The van der Waals surface area contributed by atoms with Crippen molar-refractivity contribution < 1.29 is 27.5 Å². The number of para-hydroxylation sites is 1. The van der Waals surface area contributed by atoms with Crippen LogP contribution < -0.4 is 10.5 Å². The number of benzene rings is 1. The molecule has 8 heteroatoms. The van der Waals surface area contributed by atoms with E-state index in [4.69, 9.17) is 5.73 Å². The van der Waals surface area contributed by atoms with Crippen LogP contribution in [0.5, 0.6) is 5.75 Å². The van der Waals surface area contributed by atoms with Gasteiger partial charge in [-0.05, 0) is 36.8 Å². The number of rotatable bonds is 4. The highest BCUT2D eigenvalue weighted by Gasteiger charge is 2.49. The van der Waals surface area contributed by atoms with Crippen molar-refractivity contribution in [2.45, 2.75) is 37.6 Å². The van der Waals surface area contributed by atoms with Crippen molar-refractivity contribution in [1.82, 2.24) is 4.90 Å². The molecule has 1 saturated carbocycles. The second kappa shape index (κ2) is 5.99. The van der Waals surface area contributed by atoms with E-state index < -0.39 is 24.2 Å². The van der Waals surface area contributed by atoms with Crippen LogP contribution in [0.1, 0.15) is 30.7 Å². The molecule has 130 valence electrons. The van der Waals surface area contributed by atoms with Crippen molar-refractivity contribution in [3.63, 3.8) is 0 Å². The molecule has 1 aliphatic heterocycles. The van der Waals surface area contributed by atoms with E-state index in [2.05, 4.69) is 4.74 Å². The number of nitrogens with zero attached hydrogens (tertiary/aromatic N) is 1. The van der Waals surface area contributed by atoms with Crippen LogP contribution in [-0.2, 0) is 9.59 Å². The summed E-state index contributed by atoms with van der Waals surface area (Å²) in [6.45, 7) is 0.455. The molecule has 2 aliphatic rings. The highest BCUT2D eigenvalue weighted by Crippen LogP contribution is 2.52. The Morgan fingerprint density at radius 1 is 1.25 bits per heavy atom. The van der Waals surface area contributed by atoms with Gasteiger partial charge in [0.25, 0.3) is 0 Å². The van der Waals surface area contributed by atoms with Crippen molar-refractivity contribution in [1.29, 1.82) is 0 Å². The highest BCUT2D eigenvalue weighted by molar-refractivity contribution is 5.90. The topological polar surface area (TPSA) is 72.6 Å². The number of likely N-dealkylation sites (tertiary alicyclic amines) is 1.